The quantitative estimate of drug-likeness (QED) is 0.208. The lowest BCUT2D eigenvalue weighted by Gasteiger charge is -2.03. The van der Waals surface area contributed by atoms with Gasteiger partial charge in [-0.25, -0.2) is 0 Å². The van der Waals surface area contributed by atoms with Crippen molar-refractivity contribution in [3.8, 4) is 11.1 Å². The van der Waals surface area contributed by atoms with Crippen LogP contribution in [0.15, 0.2) is 72.8 Å². The molecule has 0 nitrogen and oxygen atoms in total. The largest absolute Gasteiger partial charge is 0.141 e. The van der Waals surface area contributed by atoms with E-state index in [2.05, 4.69) is 86.6 Å². The second kappa shape index (κ2) is 6.89. The highest BCUT2D eigenvalue weighted by Gasteiger charge is 2.12. The number of thiophene rings is 4. The Morgan fingerprint density at radius 1 is 0.382 bits per heavy atom. The normalized spacial score (nSPS) is 12.4. The summed E-state index contributed by atoms with van der Waals surface area (Å²) in [4.78, 5) is 2.76. The number of hydrogen-bond acceptors (Lipinski definition) is 4. The molecule has 8 rings (SSSR count). The van der Waals surface area contributed by atoms with E-state index in [4.69, 9.17) is 0 Å². The van der Waals surface area contributed by atoms with Gasteiger partial charge in [-0.1, -0.05) is 24.3 Å². The Balaban J connectivity index is 1.29. The molecule has 0 N–H and O–H groups in total. The van der Waals surface area contributed by atoms with Gasteiger partial charge in [0.25, 0.3) is 0 Å². The molecule has 0 bridgehead atoms. The average molecular weight is 507 g/mol. The van der Waals surface area contributed by atoms with Crippen LogP contribution in [0.5, 0.6) is 0 Å². The van der Waals surface area contributed by atoms with Crippen molar-refractivity contribution in [3.05, 3.63) is 82.6 Å². The van der Waals surface area contributed by atoms with E-state index < -0.39 is 0 Å². The van der Waals surface area contributed by atoms with Gasteiger partial charge >= 0.3 is 0 Å². The summed E-state index contributed by atoms with van der Waals surface area (Å²) >= 11 is 7.61. The maximum atomic E-state index is 2.38. The van der Waals surface area contributed by atoms with E-state index in [0.29, 0.717) is 0 Å². The summed E-state index contributed by atoms with van der Waals surface area (Å²) in [7, 11) is 0. The maximum absolute atomic E-state index is 2.38. The molecular weight excluding hydrogens is 489 g/mol. The zero-order chi connectivity index (χ0) is 22.6. The molecule has 0 saturated carbocycles. The summed E-state index contributed by atoms with van der Waals surface area (Å²) in [5, 5.41) is 8.23. The fourth-order valence-corrected chi connectivity index (χ4v) is 9.62. The highest BCUT2D eigenvalue weighted by atomic mass is 32.1. The summed E-state index contributed by atoms with van der Waals surface area (Å²) in [5.74, 6) is 0. The molecule has 0 aliphatic carbocycles. The Kier molecular flexibility index (Phi) is 3.96. The Morgan fingerprint density at radius 3 is 1.29 bits per heavy atom. The number of fused-ring (bicyclic) bond motifs is 8. The smallest absolute Gasteiger partial charge is 0.0369 e. The van der Waals surface area contributed by atoms with Crippen LogP contribution >= 0.6 is 45.3 Å². The molecule has 0 spiro atoms. The first-order valence-corrected chi connectivity index (χ1v) is 14.6. The third-order valence-corrected chi connectivity index (χ3v) is 11.1. The van der Waals surface area contributed by atoms with Gasteiger partial charge in [0, 0.05) is 59.5 Å². The van der Waals surface area contributed by atoms with Crippen molar-refractivity contribution in [1.29, 1.82) is 0 Å². The summed E-state index contributed by atoms with van der Waals surface area (Å²) in [6.07, 6.45) is 0. The molecule has 0 unspecified atom stereocenters. The van der Waals surface area contributed by atoms with Gasteiger partial charge in [0.15, 0.2) is 0 Å². The summed E-state index contributed by atoms with van der Waals surface area (Å²) in [6.45, 7) is 4.39. The number of rotatable bonds is 1. The Hall–Kier alpha value is -2.76. The van der Waals surface area contributed by atoms with Crippen molar-refractivity contribution in [2.24, 2.45) is 0 Å². The first-order chi connectivity index (χ1) is 16.6. The fraction of sp³-hybridized carbons (Fsp3) is 0.0667. The molecule has 0 atom stereocenters. The Morgan fingerprint density at radius 2 is 0.824 bits per heavy atom. The van der Waals surface area contributed by atoms with Crippen molar-refractivity contribution in [2.75, 3.05) is 0 Å². The van der Waals surface area contributed by atoms with E-state index in [1.165, 1.54) is 81.4 Å². The summed E-state index contributed by atoms with van der Waals surface area (Å²) in [5.41, 5.74) is 2.60. The molecule has 34 heavy (non-hydrogen) atoms. The van der Waals surface area contributed by atoms with Gasteiger partial charge in [0.05, 0.1) is 0 Å². The van der Waals surface area contributed by atoms with Gasteiger partial charge in [0.2, 0.25) is 0 Å². The van der Waals surface area contributed by atoms with Crippen LogP contribution in [0, 0.1) is 13.8 Å². The van der Waals surface area contributed by atoms with Crippen LogP contribution in [-0.4, -0.2) is 0 Å². The maximum Gasteiger partial charge on any atom is 0.0369 e. The Bertz CT molecular complexity index is 1940. The molecule has 162 valence electrons. The number of benzene rings is 4. The molecule has 4 heterocycles. The first kappa shape index (κ1) is 19.5. The van der Waals surface area contributed by atoms with E-state index in [1.54, 1.807) is 0 Å². The van der Waals surface area contributed by atoms with E-state index in [1.807, 2.05) is 45.3 Å². The van der Waals surface area contributed by atoms with Crippen LogP contribution in [0.2, 0.25) is 0 Å². The van der Waals surface area contributed by atoms with Crippen molar-refractivity contribution < 1.29 is 0 Å². The van der Waals surface area contributed by atoms with Crippen molar-refractivity contribution >= 4 is 106 Å². The zero-order valence-corrected chi connectivity index (χ0v) is 21.8. The standard InChI is InChI=1S/C30H18S4/c1-15-7-19-9-23-21-5-3-17(11-27(21)33-29(23)13-25(19)31-15)18-4-6-22-24-10-20-8-16(2)32-26(20)14-30(24)34-28(22)12-18/h3-14H,1-2H3. The molecule has 4 aromatic heterocycles. The van der Waals surface area contributed by atoms with Crippen molar-refractivity contribution in [2.45, 2.75) is 13.8 Å². The fourth-order valence-electron chi connectivity index (χ4n) is 5.25. The van der Waals surface area contributed by atoms with Gasteiger partial charge in [-0.3, -0.25) is 0 Å². The molecule has 0 radical (unpaired) electrons. The van der Waals surface area contributed by atoms with E-state index in [9.17, 15) is 0 Å². The second-order valence-corrected chi connectivity index (χ2v) is 13.9. The number of aryl methyl sites for hydroxylation is 2. The zero-order valence-electron chi connectivity index (χ0n) is 18.6. The molecule has 0 saturated heterocycles. The minimum atomic E-state index is 1.30. The van der Waals surface area contributed by atoms with Gasteiger partial charge < -0.3 is 0 Å². The third kappa shape index (κ3) is 2.80. The molecule has 0 aliphatic rings. The minimum absolute atomic E-state index is 1.30. The second-order valence-electron chi connectivity index (χ2n) is 9.11. The van der Waals surface area contributed by atoms with Crippen LogP contribution in [0.1, 0.15) is 9.75 Å². The molecule has 4 heteroatoms. The van der Waals surface area contributed by atoms with Gasteiger partial charge in [-0.15, -0.1) is 45.3 Å². The van der Waals surface area contributed by atoms with Crippen molar-refractivity contribution in [3.63, 3.8) is 0 Å². The van der Waals surface area contributed by atoms with Gasteiger partial charge in [0.1, 0.15) is 0 Å². The van der Waals surface area contributed by atoms with E-state index >= 15 is 0 Å². The predicted octanol–water partition coefficient (Wildman–Crippen LogP) is 11.1. The van der Waals surface area contributed by atoms with Gasteiger partial charge in [-0.2, -0.15) is 0 Å². The van der Waals surface area contributed by atoms with Crippen LogP contribution < -0.4 is 0 Å². The van der Waals surface area contributed by atoms with E-state index in [-0.39, 0.29) is 0 Å². The predicted molar refractivity (Wildman–Crippen MR) is 158 cm³/mol. The molecule has 0 amide bonds. The highest BCUT2D eigenvalue weighted by Crippen LogP contribution is 2.42. The average Bonchev–Trinajstić information content (AvgIpc) is 3.55. The van der Waals surface area contributed by atoms with Crippen LogP contribution in [0.25, 0.3) is 71.6 Å². The first-order valence-electron chi connectivity index (χ1n) is 11.3. The minimum Gasteiger partial charge on any atom is -0.141 e. The van der Waals surface area contributed by atoms with E-state index in [0.717, 1.165) is 0 Å². The third-order valence-electron chi connectivity index (χ3n) is 6.80. The molecule has 8 aromatic rings. The summed E-state index contributed by atoms with van der Waals surface area (Å²) < 4.78 is 8.29. The van der Waals surface area contributed by atoms with Crippen LogP contribution in [0.4, 0.5) is 0 Å². The lowest BCUT2D eigenvalue weighted by atomic mass is 10.0. The monoisotopic (exact) mass is 506 g/mol. The topological polar surface area (TPSA) is 0 Å². The SMILES string of the molecule is Cc1cc2cc3c(cc2s1)sc1cc(-c2ccc4c(c2)sc2cc5sc(C)cc5cc24)ccc13. The molecule has 0 fully saturated rings. The van der Waals surface area contributed by atoms with Crippen LogP contribution in [0.3, 0.4) is 0 Å². The molecule has 0 aliphatic heterocycles. The lowest BCUT2D eigenvalue weighted by Crippen LogP contribution is -1.77. The van der Waals surface area contributed by atoms with Crippen LogP contribution in [-0.2, 0) is 0 Å². The number of hydrogen-bond donors (Lipinski definition) is 0. The Labute approximate surface area is 212 Å². The molecule has 4 aromatic carbocycles. The van der Waals surface area contributed by atoms with Gasteiger partial charge in [-0.05, 0) is 84.3 Å². The summed E-state index contributed by atoms with van der Waals surface area (Å²) in [6, 6.07) is 28.1. The molecular formula is C30H18S4. The highest BCUT2D eigenvalue weighted by molar-refractivity contribution is 7.27. The lowest BCUT2D eigenvalue weighted by molar-refractivity contribution is 1.66. The van der Waals surface area contributed by atoms with Crippen molar-refractivity contribution in [1.82, 2.24) is 0 Å².